The van der Waals surface area contributed by atoms with Crippen LogP contribution in [0, 0.1) is 0 Å². The first-order valence-electron chi connectivity index (χ1n) is 4.80. The summed E-state index contributed by atoms with van der Waals surface area (Å²) in [5.74, 6) is 0.0310. The molecule has 0 saturated heterocycles. The predicted octanol–water partition coefficient (Wildman–Crippen LogP) is 2.52. The molecule has 1 aromatic heterocycles. The number of hydrogen-bond donors (Lipinski definition) is 1. The molecular formula is C13H10O3. The normalized spacial score (nSPS) is 10.8. The van der Waals surface area contributed by atoms with Gasteiger partial charge in [-0.15, -0.1) is 0 Å². The Labute approximate surface area is 92.3 Å². The SMILES string of the molecule is O=c1cc(C=Cc2ccccc2)occ1O. The Morgan fingerprint density at radius 2 is 1.88 bits per heavy atom. The fraction of sp³-hybridized carbons (Fsp3) is 0. The van der Waals surface area contributed by atoms with E-state index in [1.807, 2.05) is 36.4 Å². The monoisotopic (exact) mass is 214 g/mol. The Kier molecular flexibility index (Phi) is 2.87. The van der Waals surface area contributed by atoms with Gasteiger partial charge in [0, 0.05) is 6.07 Å². The lowest BCUT2D eigenvalue weighted by Gasteiger charge is -1.94. The summed E-state index contributed by atoms with van der Waals surface area (Å²) in [5.41, 5.74) is 0.567. The molecule has 0 aliphatic rings. The van der Waals surface area contributed by atoms with Gasteiger partial charge in [-0.25, -0.2) is 0 Å². The highest BCUT2D eigenvalue weighted by Gasteiger charge is 1.97. The van der Waals surface area contributed by atoms with Crippen molar-refractivity contribution in [3.63, 3.8) is 0 Å². The van der Waals surface area contributed by atoms with Crippen LogP contribution < -0.4 is 5.43 Å². The van der Waals surface area contributed by atoms with E-state index in [0.29, 0.717) is 5.76 Å². The lowest BCUT2D eigenvalue weighted by molar-refractivity contribution is 0.427. The second-order valence-electron chi connectivity index (χ2n) is 3.28. The van der Waals surface area contributed by atoms with Crippen LogP contribution in [0.25, 0.3) is 12.2 Å². The van der Waals surface area contributed by atoms with Crippen LogP contribution >= 0.6 is 0 Å². The van der Waals surface area contributed by atoms with Gasteiger partial charge in [-0.3, -0.25) is 4.79 Å². The molecule has 80 valence electrons. The average Bonchev–Trinajstić information content (AvgIpc) is 2.32. The molecule has 2 aromatic rings. The van der Waals surface area contributed by atoms with Crippen molar-refractivity contribution in [2.45, 2.75) is 0 Å². The molecule has 3 nitrogen and oxygen atoms in total. The van der Waals surface area contributed by atoms with Crippen molar-refractivity contribution >= 4 is 12.2 Å². The highest BCUT2D eigenvalue weighted by molar-refractivity contribution is 5.67. The van der Waals surface area contributed by atoms with Gasteiger partial charge in [0.05, 0.1) is 0 Å². The zero-order valence-corrected chi connectivity index (χ0v) is 8.46. The molecule has 0 aliphatic carbocycles. The van der Waals surface area contributed by atoms with E-state index in [0.717, 1.165) is 11.8 Å². The van der Waals surface area contributed by atoms with Crippen LogP contribution in [-0.2, 0) is 0 Å². The van der Waals surface area contributed by atoms with Crippen molar-refractivity contribution in [1.29, 1.82) is 0 Å². The molecule has 1 N–H and O–H groups in total. The maximum Gasteiger partial charge on any atom is 0.227 e. The summed E-state index contributed by atoms with van der Waals surface area (Å²) >= 11 is 0. The van der Waals surface area contributed by atoms with Gasteiger partial charge in [0.25, 0.3) is 0 Å². The fourth-order valence-electron chi connectivity index (χ4n) is 1.25. The number of benzene rings is 1. The van der Waals surface area contributed by atoms with Gasteiger partial charge < -0.3 is 9.52 Å². The summed E-state index contributed by atoms with van der Waals surface area (Å²) in [7, 11) is 0. The molecule has 1 aromatic carbocycles. The quantitative estimate of drug-likeness (QED) is 0.835. The van der Waals surface area contributed by atoms with Gasteiger partial charge >= 0.3 is 0 Å². The van der Waals surface area contributed by atoms with Crippen molar-refractivity contribution in [3.05, 3.63) is 64.2 Å². The molecule has 0 saturated carbocycles. The molecule has 0 radical (unpaired) electrons. The predicted molar refractivity (Wildman–Crippen MR) is 62.0 cm³/mol. The smallest absolute Gasteiger partial charge is 0.227 e. The molecule has 3 heteroatoms. The topological polar surface area (TPSA) is 50.4 Å². The summed E-state index contributed by atoms with van der Waals surface area (Å²) in [6, 6.07) is 10.9. The van der Waals surface area contributed by atoms with E-state index in [4.69, 9.17) is 9.52 Å². The first-order valence-corrected chi connectivity index (χ1v) is 4.80. The minimum atomic E-state index is -0.445. The lowest BCUT2D eigenvalue weighted by atomic mass is 10.2. The van der Waals surface area contributed by atoms with Crippen LogP contribution in [0.5, 0.6) is 5.75 Å². The highest BCUT2D eigenvalue weighted by Crippen LogP contribution is 2.08. The van der Waals surface area contributed by atoms with E-state index in [1.165, 1.54) is 6.07 Å². The summed E-state index contributed by atoms with van der Waals surface area (Å²) in [6.45, 7) is 0. The molecular weight excluding hydrogens is 204 g/mol. The Balaban J connectivity index is 2.24. The summed E-state index contributed by atoms with van der Waals surface area (Å²) < 4.78 is 5.02. The fourth-order valence-corrected chi connectivity index (χ4v) is 1.25. The van der Waals surface area contributed by atoms with Crippen LogP contribution in [0.3, 0.4) is 0 Å². The van der Waals surface area contributed by atoms with Gasteiger partial charge in [-0.1, -0.05) is 36.4 Å². The third-order valence-electron chi connectivity index (χ3n) is 2.07. The van der Waals surface area contributed by atoms with Crippen molar-refractivity contribution in [2.24, 2.45) is 0 Å². The van der Waals surface area contributed by atoms with E-state index in [-0.39, 0.29) is 5.75 Å². The van der Waals surface area contributed by atoms with Crippen LogP contribution in [0.1, 0.15) is 11.3 Å². The van der Waals surface area contributed by atoms with Gasteiger partial charge in [-0.05, 0) is 11.6 Å². The second kappa shape index (κ2) is 4.49. The van der Waals surface area contributed by atoms with E-state index in [2.05, 4.69) is 0 Å². The van der Waals surface area contributed by atoms with E-state index < -0.39 is 5.43 Å². The lowest BCUT2D eigenvalue weighted by Crippen LogP contribution is -1.97. The van der Waals surface area contributed by atoms with Crippen molar-refractivity contribution in [2.75, 3.05) is 0 Å². The molecule has 0 aliphatic heterocycles. The largest absolute Gasteiger partial charge is 0.502 e. The maximum atomic E-state index is 11.1. The van der Waals surface area contributed by atoms with E-state index >= 15 is 0 Å². The number of hydrogen-bond acceptors (Lipinski definition) is 3. The summed E-state index contributed by atoms with van der Waals surface area (Å²) in [4.78, 5) is 11.1. The van der Waals surface area contributed by atoms with Gasteiger partial charge in [0.1, 0.15) is 12.0 Å². The van der Waals surface area contributed by atoms with Crippen LogP contribution in [0.2, 0.25) is 0 Å². The Morgan fingerprint density at radius 3 is 2.56 bits per heavy atom. The van der Waals surface area contributed by atoms with Gasteiger partial charge in [0.15, 0.2) is 5.75 Å². The van der Waals surface area contributed by atoms with Crippen LogP contribution in [0.4, 0.5) is 0 Å². The molecule has 0 bridgehead atoms. The zero-order chi connectivity index (χ0) is 11.4. The van der Waals surface area contributed by atoms with Crippen molar-refractivity contribution in [1.82, 2.24) is 0 Å². The maximum absolute atomic E-state index is 11.1. The molecule has 0 unspecified atom stereocenters. The minimum absolute atomic E-state index is 0.378. The van der Waals surface area contributed by atoms with Crippen LogP contribution in [-0.4, -0.2) is 5.11 Å². The zero-order valence-electron chi connectivity index (χ0n) is 8.46. The molecule has 16 heavy (non-hydrogen) atoms. The van der Waals surface area contributed by atoms with E-state index in [9.17, 15) is 4.79 Å². The third kappa shape index (κ3) is 2.39. The molecule has 0 fully saturated rings. The van der Waals surface area contributed by atoms with E-state index in [1.54, 1.807) is 6.08 Å². The van der Waals surface area contributed by atoms with Crippen molar-refractivity contribution in [3.8, 4) is 5.75 Å². The third-order valence-corrected chi connectivity index (χ3v) is 2.07. The standard InChI is InChI=1S/C13H10O3/c14-12-8-11(16-9-13(12)15)7-6-10-4-2-1-3-5-10/h1-9,15H. The summed E-state index contributed by atoms with van der Waals surface area (Å²) in [6.07, 6.45) is 4.54. The van der Waals surface area contributed by atoms with Crippen LogP contribution in [0.15, 0.2) is 51.9 Å². The number of rotatable bonds is 2. The first-order chi connectivity index (χ1) is 7.75. The molecule has 1 heterocycles. The Morgan fingerprint density at radius 1 is 1.12 bits per heavy atom. The Bertz CT molecular complexity index is 553. The average molecular weight is 214 g/mol. The van der Waals surface area contributed by atoms with Gasteiger partial charge in [-0.2, -0.15) is 0 Å². The highest BCUT2D eigenvalue weighted by atomic mass is 16.3. The second-order valence-corrected chi connectivity index (χ2v) is 3.28. The minimum Gasteiger partial charge on any atom is -0.502 e. The Hall–Kier alpha value is -2.29. The molecule has 0 amide bonds. The summed E-state index contributed by atoms with van der Waals surface area (Å²) in [5, 5.41) is 9.00. The first kappa shape index (κ1) is 10.2. The molecule has 2 rings (SSSR count). The van der Waals surface area contributed by atoms with Crippen molar-refractivity contribution < 1.29 is 9.52 Å². The van der Waals surface area contributed by atoms with Gasteiger partial charge in [0.2, 0.25) is 5.43 Å². The molecule has 0 atom stereocenters. The molecule has 0 spiro atoms. The number of aromatic hydroxyl groups is 1.